The summed E-state index contributed by atoms with van der Waals surface area (Å²) >= 11 is 0. The van der Waals surface area contributed by atoms with Crippen LogP contribution in [0, 0.1) is 0 Å². The van der Waals surface area contributed by atoms with Crippen LogP contribution in [-0.4, -0.2) is 15.7 Å². The molecular weight excluding hydrogens is 302 g/mol. The molecule has 1 N–H and O–H groups in total. The number of hydrogen-bond donors (Lipinski definition) is 1. The highest BCUT2D eigenvalue weighted by molar-refractivity contribution is 6.02. The van der Waals surface area contributed by atoms with Crippen LogP contribution in [0.15, 0.2) is 41.2 Å². The van der Waals surface area contributed by atoms with E-state index in [1.165, 1.54) is 22.4 Å². The molecule has 5 nitrogen and oxygen atoms in total. The summed E-state index contributed by atoms with van der Waals surface area (Å²) in [6, 6.07) is 10.7. The summed E-state index contributed by atoms with van der Waals surface area (Å²) in [7, 11) is 0. The summed E-state index contributed by atoms with van der Waals surface area (Å²) in [6.45, 7) is 4.75. The maximum atomic E-state index is 12.3. The zero-order valence-electron chi connectivity index (χ0n) is 14.4. The molecule has 24 heavy (non-hydrogen) atoms. The Morgan fingerprint density at radius 2 is 1.75 bits per heavy atom. The number of aryl methyl sites for hydroxylation is 2. The summed E-state index contributed by atoms with van der Waals surface area (Å²) in [6.07, 6.45) is 5.20. The quantitative estimate of drug-likeness (QED) is 0.805. The van der Waals surface area contributed by atoms with Crippen molar-refractivity contribution in [1.82, 2.24) is 9.78 Å². The normalized spacial score (nSPS) is 10.6. The van der Waals surface area contributed by atoms with Crippen molar-refractivity contribution in [3.8, 4) is 0 Å². The molecule has 0 saturated heterocycles. The van der Waals surface area contributed by atoms with Gasteiger partial charge < -0.3 is 5.32 Å². The van der Waals surface area contributed by atoms with Crippen molar-refractivity contribution in [1.29, 1.82) is 0 Å². The molecule has 1 heterocycles. The van der Waals surface area contributed by atoms with E-state index in [0.29, 0.717) is 6.54 Å². The largest absolute Gasteiger partial charge is 0.321 e. The highest BCUT2D eigenvalue weighted by Crippen LogP contribution is 2.12. The van der Waals surface area contributed by atoms with Crippen LogP contribution in [0.3, 0.4) is 0 Å². The van der Waals surface area contributed by atoms with Crippen LogP contribution in [-0.2, 0) is 13.0 Å². The van der Waals surface area contributed by atoms with Crippen molar-refractivity contribution in [2.45, 2.75) is 52.5 Å². The first-order valence-corrected chi connectivity index (χ1v) is 8.62. The van der Waals surface area contributed by atoms with Crippen molar-refractivity contribution in [3.05, 3.63) is 58.0 Å². The van der Waals surface area contributed by atoms with Crippen LogP contribution in [0.4, 0.5) is 5.69 Å². The van der Waals surface area contributed by atoms with Gasteiger partial charge in [0, 0.05) is 18.3 Å². The van der Waals surface area contributed by atoms with Crippen molar-refractivity contribution in [2.75, 3.05) is 5.32 Å². The molecule has 128 valence electrons. The van der Waals surface area contributed by atoms with E-state index in [2.05, 4.69) is 17.3 Å². The molecule has 0 aliphatic carbocycles. The van der Waals surface area contributed by atoms with Crippen LogP contribution < -0.4 is 10.9 Å². The number of benzene rings is 1. The smallest absolute Gasteiger partial charge is 0.276 e. The van der Waals surface area contributed by atoms with Crippen LogP contribution in [0.2, 0.25) is 0 Å². The van der Waals surface area contributed by atoms with Crippen molar-refractivity contribution < 1.29 is 4.79 Å². The molecule has 0 radical (unpaired) electrons. The number of unbranched alkanes of at least 4 members (excludes halogenated alkanes) is 2. The molecule has 5 heteroatoms. The number of nitrogens with zero attached hydrogens (tertiary/aromatic N) is 2. The molecule has 0 aliphatic rings. The molecule has 2 rings (SSSR count). The molecule has 2 aromatic rings. The van der Waals surface area contributed by atoms with Crippen molar-refractivity contribution in [3.63, 3.8) is 0 Å². The van der Waals surface area contributed by atoms with Gasteiger partial charge in [0.05, 0.1) is 0 Å². The Kier molecular flexibility index (Phi) is 6.73. The second-order valence-electron chi connectivity index (χ2n) is 5.89. The average molecular weight is 327 g/mol. The Morgan fingerprint density at radius 1 is 1.04 bits per heavy atom. The molecule has 0 saturated carbocycles. The Balaban J connectivity index is 2.05. The van der Waals surface area contributed by atoms with E-state index in [-0.39, 0.29) is 17.2 Å². The first kappa shape index (κ1) is 17.9. The maximum Gasteiger partial charge on any atom is 0.276 e. The second kappa shape index (κ2) is 9.01. The third kappa shape index (κ3) is 5.05. The number of hydrogen-bond acceptors (Lipinski definition) is 3. The predicted octanol–water partition coefficient (Wildman–Crippen LogP) is 3.64. The van der Waals surface area contributed by atoms with Gasteiger partial charge in [-0.25, -0.2) is 4.68 Å². The van der Waals surface area contributed by atoms with Gasteiger partial charge in [0.2, 0.25) is 0 Å². The fourth-order valence-electron chi connectivity index (χ4n) is 2.37. The molecule has 1 amide bonds. The van der Waals surface area contributed by atoms with Gasteiger partial charge in [0.25, 0.3) is 11.5 Å². The lowest BCUT2D eigenvalue weighted by Gasteiger charge is -2.08. The highest BCUT2D eigenvalue weighted by Gasteiger charge is 2.10. The van der Waals surface area contributed by atoms with Gasteiger partial charge in [0.1, 0.15) is 5.69 Å². The first-order valence-electron chi connectivity index (χ1n) is 8.62. The lowest BCUT2D eigenvalue weighted by Crippen LogP contribution is -2.26. The Morgan fingerprint density at radius 3 is 2.42 bits per heavy atom. The van der Waals surface area contributed by atoms with Crippen molar-refractivity contribution in [2.24, 2.45) is 0 Å². The number of carbonyl (C=O) groups excluding carboxylic acids is 1. The number of anilines is 1. The fraction of sp³-hybridized carbons (Fsp3) is 0.421. The van der Waals surface area contributed by atoms with Gasteiger partial charge >= 0.3 is 0 Å². The summed E-state index contributed by atoms with van der Waals surface area (Å²) in [5, 5.41) is 6.98. The zero-order valence-corrected chi connectivity index (χ0v) is 14.4. The van der Waals surface area contributed by atoms with Crippen LogP contribution in [0.5, 0.6) is 0 Å². The molecule has 1 aromatic carbocycles. The molecule has 0 bridgehead atoms. The van der Waals surface area contributed by atoms with Gasteiger partial charge in [-0.2, -0.15) is 5.10 Å². The van der Waals surface area contributed by atoms with Gasteiger partial charge in [-0.3, -0.25) is 9.59 Å². The first-order chi connectivity index (χ1) is 11.6. The minimum Gasteiger partial charge on any atom is -0.321 e. The molecule has 0 fully saturated rings. The average Bonchev–Trinajstić information content (AvgIpc) is 2.60. The van der Waals surface area contributed by atoms with Crippen LogP contribution in [0.1, 0.15) is 55.6 Å². The number of nitrogens with one attached hydrogen (secondary N) is 1. The van der Waals surface area contributed by atoms with Crippen LogP contribution in [0.25, 0.3) is 0 Å². The minimum absolute atomic E-state index is 0.180. The Labute approximate surface area is 142 Å². The monoisotopic (exact) mass is 327 g/mol. The van der Waals surface area contributed by atoms with Gasteiger partial charge in [-0.05, 0) is 43.0 Å². The van der Waals surface area contributed by atoms with Gasteiger partial charge in [0.15, 0.2) is 0 Å². The standard InChI is InChI=1S/C19H25N3O2/c1-3-5-7-15-8-10-16(11-9-15)20-19(24)17-12-13-18(23)22(21-17)14-6-4-2/h8-13H,3-7,14H2,1-2H3,(H,20,24). The SMILES string of the molecule is CCCCc1ccc(NC(=O)c2ccc(=O)n(CCCC)n2)cc1. The van der Waals surface area contributed by atoms with Crippen molar-refractivity contribution >= 4 is 11.6 Å². The predicted molar refractivity (Wildman–Crippen MR) is 96.4 cm³/mol. The maximum absolute atomic E-state index is 12.3. The molecular formula is C19H25N3O2. The minimum atomic E-state index is -0.304. The number of amides is 1. The summed E-state index contributed by atoms with van der Waals surface area (Å²) in [5.41, 5.74) is 2.07. The Hall–Kier alpha value is -2.43. The Bertz CT molecular complexity index is 720. The van der Waals surface area contributed by atoms with E-state index in [1.54, 1.807) is 0 Å². The molecule has 1 aromatic heterocycles. The number of aromatic nitrogens is 2. The second-order valence-corrected chi connectivity index (χ2v) is 5.89. The summed E-state index contributed by atoms with van der Waals surface area (Å²) < 4.78 is 1.35. The van der Waals surface area contributed by atoms with E-state index < -0.39 is 0 Å². The highest BCUT2D eigenvalue weighted by atomic mass is 16.2. The van der Waals surface area contributed by atoms with Gasteiger partial charge in [-0.1, -0.05) is 38.8 Å². The lowest BCUT2D eigenvalue weighted by atomic mass is 10.1. The summed E-state index contributed by atoms with van der Waals surface area (Å²) in [4.78, 5) is 24.1. The lowest BCUT2D eigenvalue weighted by molar-refractivity contribution is 0.101. The van der Waals surface area contributed by atoms with E-state index in [1.807, 2.05) is 31.2 Å². The van der Waals surface area contributed by atoms with Crippen LogP contribution >= 0.6 is 0 Å². The number of carbonyl (C=O) groups is 1. The molecule has 0 atom stereocenters. The van der Waals surface area contributed by atoms with E-state index in [0.717, 1.165) is 37.8 Å². The van der Waals surface area contributed by atoms with E-state index >= 15 is 0 Å². The molecule has 0 unspecified atom stereocenters. The van der Waals surface area contributed by atoms with E-state index in [4.69, 9.17) is 0 Å². The van der Waals surface area contributed by atoms with Gasteiger partial charge in [-0.15, -0.1) is 0 Å². The zero-order chi connectivity index (χ0) is 17.4. The topological polar surface area (TPSA) is 64.0 Å². The molecule has 0 spiro atoms. The fourth-order valence-corrected chi connectivity index (χ4v) is 2.37. The third-order valence-corrected chi connectivity index (χ3v) is 3.85. The molecule has 0 aliphatic heterocycles. The number of rotatable bonds is 8. The van der Waals surface area contributed by atoms with E-state index in [9.17, 15) is 9.59 Å². The third-order valence-electron chi connectivity index (χ3n) is 3.85. The summed E-state index contributed by atoms with van der Waals surface area (Å²) in [5.74, 6) is -0.304.